The summed E-state index contributed by atoms with van der Waals surface area (Å²) in [4.78, 5) is 12.9. The van der Waals surface area contributed by atoms with E-state index in [9.17, 15) is 9.00 Å². The molecule has 0 aromatic heterocycles. The van der Waals surface area contributed by atoms with Crippen molar-refractivity contribution in [1.82, 2.24) is 0 Å². The fourth-order valence-electron chi connectivity index (χ4n) is 1.91. The Labute approximate surface area is 126 Å². The Hall–Kier alpha value is -1.98. The van der Waals surface area contributed by atoms with Crippen molar-refractivity contribution in [1.29, 1.82) is 0 Å². The lowest BCUT2D eigenvalue weighted by atomic mass is 10.2. The number of amides is 1. The minimum atomic E-state index is -1.38. The summed E-state index contributed by atoms with van der Waals surface area (Å²) >= 11 is 0. The van der Waals surface area contributed by atoms with Crippen LogP contribution in [0, 0.1) is 0 Å². The van der Waals surface area contributed by atoms with Crippen molar-refractivity contribution in [3.8, 4) is 0 Å². The Bertz CT molecular complexity index is 644. The first-order chi connectivity index (χ1) is 10.1. The highest BCUT2D eigenvalue weighted by atomic mass is 32.2. The summed E-state index contributed by atoms with van der Waals surface area (Å²) in [7, 11) is -1.38. The van der Waals surface area contributed by atoms with Crippen molar-refractivity contribution in [3.63, 3.8) is 0 Å². The summed E-state index contributed by atoms with van der Waals surface area (Å²) in [5, 5.41) is 2.16. The molecule has 3 N–H and O–H groups in total. The first-order valence-electron chi connectivity index (χ1n) is 6.68. The zero-order chi connectivity index (χ0) is 15.2. The van der Waals surface area contributed by atoms with Crippen LogP contribution >= 0.6 is 0 Å². The second-order valence-corrected chi connectivity index (χ2v) is 6.38. The number of nitrogens with two attached hydrogens (primary N) is 1. The molecule has 4 nitrogen and oxygen atoms in total. The van der Waals surface area contributed by atoms with Gasteiger partial charge in [-0.3, -0.25) is 9.00 Å². The van der Waals surface area contributed by atoms with Gasteiger partial charge in [-0.05, 0) is 30.7 Å². The fourth-order valence-corrected chi connectivity index (χ4v) is 3.00. The first kappa shape index (κ1) is 15.4. The Morgan fingerprint density at radius 1 is 1.14 bits per heavy atom. The molecule has 5 heteroatoms. The molecule has 0 aliphatic carbocycles. The number of para-hydroxylation sites is 1. The summed E-state index contributed by atoms with van der Waals surface area (Å²) in [5.41, 5.74) is 7.16. The molecule has 0 aliphatic rings. The van der Waals surface area contributed by atoms with Gasteiger partial charge in [-0.2, -0.15) is 0 Å². The van der Waals surface area contributed by atoms with E-state index >= 15 is 0 Å². The van der Waals surface area contributed by atoms with Crippen molar-refractivity contribution in [3.05, 3.63) is 60.2 Å². The van der Waals surface area contributed by atoms with Crippen molar-refractivity contribution in [2.24, 2.45) is 5.73 Å². The van der Waals surface area contributed by atoms with Gasteiger partial charge in [0.05, 0.1) is 10.8 Å². The van der Waals surface area contributed by atoms with Crippen LogP contribution in [0.1, 0.15) is 12.5 Å². The summed E-state index contributed by atoms with van der Waals surface area (Å²) in [6.07, 6.45) is 0. The topological polar surface area (TPSA) is 72.2 Å². The average molecular weight is 302 g/mol. The van der Waals surface area contributed by atoms with E-state index in [1.54, 1.807) is 25.1 Å². The molecule has 0 heterocycles. The summed E-state index contributed by atoms with van der Waals surface area (Å²) in [6, 6.07) is 16.3. The quantitative estimate of drug-likeness (QED) is 0.890. The minimum absolute atomic E-state index is 0.280. The Balaban J connectivity index is 2.11. The van der Waals surface area contributed by atoms with E-state index in [2.05, 4.69) is 5.32 Å². The SMILES string of the molecule is CC(C(=O)Nc1ccccc1CN)S(=O)c1ccccc1. The van der Waals surface area contributed by atoms with Crippen LogP contribution in [0.25, 0.3) is 0 Å². The van der Waals surface area contributed by atoms with Gasteiger partial charge in [0, 0.05) is 17.1 Å². The third-order valence-corrected chi connectivity index (χ3v) is 4.75. The normalized spacial score (nSPS) is 13.4. The largest absolute Gasteiger partial charge is 0.326 e. The van der Waals surface area contributed by atoms with Gasteiger partial charge in [0.15, 0.2) is 0 Å². The minimum Gasteiger partial charge on any atom is -0.326 e. The van der Waals surface area contributed by atoms with Gasteiger partial charge in [-0.1, -0.05) is 36.4 Å². The molecule has 0 saturated carbocycles. The van der Waals surface area contributed by atoms with E-state index < -0.39 is 16.0 Å². The number of benzene rings is 2. The molecule has 0 aliphatic heterocycles. The maximum absolute atomic E-state index is 12.4. The molecule has 110 valence electrons. The zero-order valence-electron chi connectivity index (χ0n) is 11.8. The second kappa shape index (κ2) is 7.15. The van der Waals surface area contributed by atoms with E-state index in [1.165, 1.54) is 0 Å². The van der Waals surface area contributed by atoms with Crippen LogP contribution in [-0.2, 0) is 22.1 Å². The smallest absolute Gasteiger partial charge is 0.240 e. The highest BCUT2D eigenvalue weighted by Crippen LogP contribution is 2.17. The molecule has 0 saturated heterocycles. The standard InChI is InChI=1S/C16H18N2O2S/c1-12(21(20)14-8-3-2-4-9-14)16(19)18-15-10-6-5-7-13(15)11-17/h2-10,12H,11,17H2,1H3,(H,18,19). The number of nitrogens with one attached hydrogen (secondary N) is 1. The van der Waals surface area contributed by atoms with Gasteiger partial charge in [-0.25, -0.2) is 0 Å². The number of carbonyl (C=O) groups excluding carboxylic acids is 1. The van der Waals surface area contributed by atoms with Gasteiger partial charge in [0.1, 0.15) is 5.25 Å². The van der Waals surface area contributed by atoms with Crippen LogP contribution < -0.4 is 11.1 Å². The van der Waals surface area contributed by atoms with Gasteiger partial charge >= 0.3 is 0 Å². The number of anilines is 1. The highest BCUT2D eigenvalue weighted by Gasteiger charge is 2.21. The fraction of sp³-hybridized carbons (Fsp3) is 0.188. The van der Waals surface area contributed by atoms with E-state index in [-0.39, 0.29) is 5.91 Å². The van der Waals surface area contributed by atoms with Crippen LogP contribution in [0.3, 0.4) is 0 Å². The predicted octanol–water partition coefficient (Wildman–Crippen LogP) is 2.28. The zero-order valence-corrected chi connectivity index (χ0v) is 12.6. The van der Waals surface area contributed by atoms with Gasteiger partial charge in [0.2, 0.25) is 5.91 Å². The third-order valence-electron chi connectivity index (χ3n) is 3.16. The molecule has 0 radical (unpaired) electrons. The second-order valence-electron chi connectivity index (χ2n) is 4.60. The molecule has 0 fully saturated rings. The molecular weight excluding hydrogens is 284 g/mol. The average Bonchev–Trinajstić information content (AvgIpc) is 2.54. The molecule has 0 spiro atoms. The third kappa shape index (κ3) is 3.77. The van der Waals surface area contributed by atoms with Gasteiger partial charge in [-0.15, -0.1) is 0 Å². The molecule has 2 aromatic rings. The monoisotopic (exact) mass is 302 g/mol. The molecule has 0 bridgehead atoms. The van der Waals surface area contributed by atoms with Crippen molar-refractivity contribution >= 4 is 22.4 Å². The number of hydrogen-bond acceptors (Lipinski definition) is 3. The Morgan fingerprint density at radius 2 is 1.76 bits per heavy atom. The van der Waals surface area contributed by atoms with Crippen molar-refractivity contribution < 1.29 is 9.00 Å². The van der Waals surface area contributed by atoms with Gasteiger partial charge < -0.3 is 11.1 Å². The van der Waals surface area contributed by atoms with Crippen LogP contribution in [0.2, 0.25) is 0 Å². The van der Waals surface area contributed by atoms with E-state index in [1.807, 2.05) is 36.4 Å². The Kier molecular flexibility index (Phi) is 5.25. The number of hydrogen-bond donors (Lipinski definition) is 2. The van der Waals surface area contributed by atoms with E-state index in [0.29, 0.717) is 17.1 Å². The van der Waals surface area contributed by atoms with E-state index in [4.69, 9.17) is 5.73 Å². The maximum Gasteiger partial charge on any atom is 0.240 e. The predicted molar refractivity (Wildman–Crippen MR) is 85.3 cm³/mol. The molecule has 2 aromatic carbocycles. The summed E-state index contributed by atoms with van der Waals surface area (Å²) in [6.45, 7) is 2.00. The Morgan fingerprint density at radius 3 is 2.43 bits per heavy atom. The molecule has 1 amide bonds. The first-order valence-corrected chi connectivity index (χ1v) is 7.89. The van der Waals surface area contributed by atoms with Crippen molar-refractivity contribution in [2.75, 3.05) is 5.32 Å². The number of carbonyl (C=O) groups is 1. The van der Waals surface area contributed by atoms with E-state index in [0.717, 1.165) is 5.56 Å². The van der Waals surface area contributed by atoms with Crippen LogP contribution in [0.15, 0.2) is 59.5 Å². The molecule has 2 unspecified atom stereocenters. The maximum atomic E-state index is 12.4. The summed E-state index contributed by atoms with van der Waals surface area (Å²) < 4.78 is 12.4. The lowest BCUT2D eigenvalue weighted by Crippen LogP contribution is -2.29. The highest BCUT2D eigenvalue weighted by molar-refractivity contribution is 7.86. The molecule has 2 rings (SSSR count). The van der Waals surface area contributed by atoms with Gasteiger partial charge in [0.25, 0.3) is 0 Å². The number of rotatable bonds is 5. The van der Waals surface area contributed by atoms with Crippen LogP contribution in [0.5, 0.6) is 0 Å². The summed E-state index contributed by atoms with van der Waals surface area (Å²) in [5.74, 6) is -0.280. The van der Waals surface area contributed by atoms with Crippen LogP contribution in [0.4, 0.5) is 5.69 Å². The lowest BCUT2D eigenvalue weighted by molar-refractivity contribution is -0.115. The molecule has 2 atom stereocenters. The molecular formula is C16H18N2O2S. The lowest BCUT2D eigenvalue weighted by Gasteiger charge is -2.14. The molecule has 21 heavy (non-hydrogen) atoms. The van der Waals surface area contributed by atoms with Crippen molar-refractivity contribution in [2.45, 2.75) is 23.6 Å². The van der Waals surface area contributed by atoms with Crippen LogP contribution in [-0.4, -0.2) is 15.4 Å².